The van der Waals surface area contributed by atoms with Gasteiger partial charge in [-0.1, -0.05) is 83.1 Å². The summed E-state index contributed by atoms with van der Waals surface area (Å²) < 4.78 is 4.92. The molecule has 0 aliphatic heterocycles. The van der Waals surface area contributed by atoms with Gasteiger partial charge in [0, 0.05) is 6.42 Å². The highest BCUT2D eigenvalue weighted by Gasteiger charge is 2.00. The second-order valence-electron chi connectivity index (χ2n) is 6.58. The van der Waals surface area contributed by atoms with E-state index < -0.39 is 0 Å². The van der Waals surface area contributed by atoms with Gasteiger partial charge in [0.25, 0.3) is 0 Å². The fourth-order valence-corrected chi connectivity index (χ4v) is 2.91. The highest BCUT2D eigenvalue weighted by molar-refractivity contribution is 5.69. The van der Waals surface area contributed by atoms with Crippen molar-refractivity contribution in [2.24, 2.45) is 0 Å². The van der Waals surface area contributed by atoms with E-state index in [1.807, 2.05) is 13.0 Å². The number of hydrogen-bond donors (Lipinski definition) is 0. The van der Waals surface area contributed by atoms with Crippen molar-refractivity contribution in [1.29, 1.82) is 0 Å². The van der Waals surface area contributed by atoms with Gasteiger partial charge >= 0.3 is 5.97 Å². The van der Waals surface area contributed by atoms with Gasteiger partial charge in [-0.25, -0.2) is 0 Å². The van der Waals surface area contributed by atoms with Crippen molar-refractivity contribution in [3.8, 4) is 0 Å². The number of hydrogen-bond acceptors (Lipinski definition) is 2. The van der Waals surface area contributed by atoms with E-state index in [1.54, 1.807) is 0 Å². The average Bonchev–Trinajstić information content (AvgIpc) is 2.54. The van der Waals surface area contributed by atoms with Gasteiger partial charge < -0.3 is 4.74 Å². The largest absolute Gasteiger partial charge is 0.466 e. The van der Waals surface area contributed by atoms with E-state index in [4.69, 9.17) is 4.74 Å². The Hall–Kier alpha value is -0.790. The fraction of sp³-hybridized carbons (Fsp3) is 0.857. The standard InChI is InChI=1S/C21H40O2/c1-3-5-6-7-8-9-10-11-12-13-14-15-16-17-18-19-20-21(22)23-4-2/h3H,1,4-20H2,2H3. The van der Waals surface area contributed by atoms with Gasteiger partial charge in [0.15, 0.2) is 0 Å². The zero-order valence-corrected chi connectivity index (χ0v) is 15.6. The van der Waals surface area contributed by atoms with Crippen LogP contribution in [-0.2, 0) is 9.53 Å². The van der Waals surface area contributed by atoms with Crippen LogP contribution in [0.2, 0.25) is 0 Å². The second-order valence-corrected chi connectivity index (χ2v) is 6.58. The Morgan fingerprint density at radius 3 is 1.52 bits per heavy atom. The Kier molecular flexibility index (Phi) is 18.6. The van der Waals surface area contributed by atoms with E-state index in [9.17, 15) is 4.79 Å². The van der Waals surface area contributed by atoms with Gasteiger partial charge in [-0.05, 0) is 26.2 Å². The number of esters is 1. The van der Waals surface area contributed by atoms with Crippen LogP contribution in [0.1, 0.15) is 110 Å². The van der Waals surface area contributed by atoms with E-state index >= 15 is 0 Å². The fourth-order valence-electron chi connectivity index (χ4n) is 2.91. The van der Waals surface area contributed by atoms with Crippen LogP contribution in [0.5, 0.6) is 0 Å². The maximum atomic E-state index is 11.2. The number of carbonyl (C=O) groups excluding carboxylic acids is 1. The Balaban J connectivity index is 3.02. The molecular weight excluding hydrogens is 284 g/mol. The molecule has 136 valence electrons. The first kappa shape index (κ1) is 22.2. The van der Waals surface area contributed by atoms with Crippen molar-refractivity contribution in [2.75, 3.05) is 6.61 Å². The van der Waals surface area contributed by atoms with Crippen LogP contribution in [-0.4, -0.2) is 12.6 Å². The molecule has 0 aliphatic rings. The number of carbonyl (C=O) groups is 1. The molecule has 0 heterocycles. The monoisotopic (exact) mass is 324 g/mol. The number of rotatable bonds is 18. The molecular formula is C21H40O2. The molecule has 2 nitrogen and oxygen atoms in total. The lowest BCUT2D eigenvalue weighted by Gasteiger charge is -2.03. The summed E-state index contributed by atoms with van der Waals surface area (Å²) in [6.45, 7) is 6.13. The minimum Gasteiger partial charge on any atom is -0.466 e. The second kappa shape index (κ2) is 19.3. The highest BCUT2D eigenvalue weighted by Crippen LogP contribution is 2.13. The molecule has 0 aromatic carbocycles. The van der Waals surface area contributed by atoms with Gasteiger partial charge in [0.05, 0.1) is 6.61 Å². The van der Waals surface area contributed by atoms with Gasteiger partial charge in [-0.15, -0.1) is 6.58 Å². The molecule has 2 heteroatoms. The summed E-state index contributed by atoms with van der Waals surface area (Å²) in [6, 6.07) is 0. The van der Waals surface area contributed by atoms with Crippen molar-refractivity contribution in [1.82, 2.24) is 0 Å². The maximum Gasteiger partial charge on any atom is 0.305 e. The van der Waals surface area contributed by atoms with E-state index in [1.165, 1.54) is 89.9 Å². The van der Waals surface area contributed by atoms with Crippen LogP contribution in [0, 0.1) is 0 Å². The van der Waals surface area contributed by atoms with Crippen LogP contribution in [0.4, 0.5) is 0 Å². The Morgan fingerprint density at radius 1 is 0.739 bits per heavy atom. The van der Waals surface area contributed by atoms with Crippen molar-refractivity contribution in [2.45, 2.75) is 110 Å². The molecule has 0 aliphatic carbocycles. The number of allylic oxidation sites excluding steroid dienone is 1. The van der Waals surface area contributed by atoms with E-state index in [0.717, 1.165) is 6.42 Å². The first-order chi connectivity index (χ1) is 11.3. The number of unbranched alkanes of at least 4 members (excludes halogenated alkanes) is 14. The highest BCUT2D eigenvalue weighted by atomic mass is 16.5. The zero-order valence-electron chi connectivity index (χ0n) is 15.6. The zero-order chi connectivity index (χ0) is 17.0. The molecule has 23 heavy (non-hydrogen) atoms. The van der Waals surface area contributed by atoms with Crippen molar-refractivity contribution in [3.63, 3.8) is 0 Å². The van der Waals surface area contributed by atoms with E-state index in [2.05, 4.69) is 6.58 Å². The predicted octanol–water partition coefficient (Wildman–Crippen LogP) is 6.98. The van der Waals surface area contributed by atoms with Crippen molar-refractivity contribution < 1.29 is 9.53 Å². The van der Waals surface area contributed by atoms with E-state index in [0.29, 0.717) is 13.0 Å². The molecule has 0 rings (SSSR count). The molecule has 0 saturated heterocycles. The van der Waals surface area contributed by atoms with Crippen LogP contribution < -0.4 is 0 Å². The third-order valence-corrected chi connectivity index (χ3v) is 4.34. The summed E-state index contributed by atoms with van der Waals surface area (Å²) in [4.78, 5) is 11.2. The molecule has 0 N–H and O–H groups in total. The molecule has 0 aromatic heterocycles. The molecule has 0 unspecified atom stereocenters. The predicted molar refractivity (Wildman–Crippen MR) is 101 cm³/mol. The van der Waals surface area contributed by atoms with Gasteiger partial charge in [-0.2, -0.15) is 0 Å². The Labute approximate surface area is 145 Å². The first-order valence-corrected chi connectivity index (χ1v) is 10.1. The van der Waals surface area contributed by atoms with Crippen LogP contribution in [0.3, 0.4) is 0 Å². The summed E-state index contributed by atoms with van der Waals surface area (Å²) in [6.07, 6.45) is 22.5. The first-order valence-electron chi connectivity index (χ1n) is 10.1. The van der Waals surface area contributed by atoms with Gasteiger partial charge in [0.2, 0.25) is 0 Å². The Morgan fingerprint density at radius 2 is 1.13 bits per heavy atom. The summed E-state index contributed by atoms with van der Waals surface area (Å²) in [5.74, 6) is -0.0341. The summed E-state index contributed by atoms with van der Waals surface area (Å²) in [5, 5.41) is 0. The lowest BCUT2D eigenvalue weighted by Crippen LogP contribution is -2.03. The molecule has 0 saturated carbocycles. The summed E-state index contributed by atoms with van der Waals surface area (Å²) in [7, 11) is 0. The molecule has 0 atom stereocenters. The maximum absolute atomic E-state index is 11.2. The SMILES string of the molecule is C=CCCCCCCCCCCCCCCCCC(=O)OCC. The third-order valence-electron chi connectivity index (χ3n) is 4.34. The molecule has 0 amide bonds. The van der Waals surface area contributed by atoms with E-state index in [-0.39, 0.29) is 5.97 Å². The summed E-state index contributed by atoms with van der Waals surface area (Å²) >= 11 is 0. The Bertz CT molecular complexity index is 261. The molecule has 0 spiro atoms. The topological polar surface area (TPSA) is 26.3 Å². The normalized spacial score (nSPS) is 10.7. The average molecular weight is 325 g/mol. The van der Waals surface area contributed by atoms with Crippen molar-refractivity contribution >= 4 is 5.97 Å². The molecule has 0 radical (unpaired) electrons. The quantitative estimate of drug-likeness (QED) is 0.154. The van der Waals surface area contributed by atoms with Gasteiger partial charge in [-0.3, -0.25) is 4.79 Å². The lowest BCUT2D eigenvalue weighted by molar-refractivity contribution is -0.143. The van der Waals surface area contributed by atoms with Gasteiger partial charge in [0.1, 0.15) is 0 Å². The molecule has 0 fully saturated rings. The molecule has 0 bridgehead atoms. The number of ether oxygens (including phenoxy) is 1. The lowest BCUT2D eigenvalue weighted by atomic mass is 10.0. The summed E-state index contributed by atoms with van der Waals surface area (Å²) in [5.41, 5.74) is 0. The van der Waals surface area contributed by atoms with Crippen molar-refractivity contribution in [3.05, 3.63) is 12.7 Å². The van der Waals surface area contributed by atoms with Crippen LogP contribution >= 0.6 is 0 Å². The van der Waals surface area contributed by atoms with Crippen LogP contribution in [0.25, 0.3) is 0 Å². The third kappa shape index (κ3) is 19.2. The minimum absolute atomic E-state index is 0.0341. The molecule has 0 aromatic rings. The minimum atomic E-state index is -0.0341. The van der Waals surface area contributed by atoms with Crippen LogP contribution in [0.15, 0.2) is 12.7 Å². The smallest absolute Gasteiger partial charge is 0.305 e.